The number of hydroxylamine groups is 1. The molecule has 37 heavy (non-hydrogen) atoms. The molecule has 2 fully saturated rings. The summed E-state index contributed by atoms with van der Waals surface area (Å²) in [5, 5.41) is 2.78. The van der Waals surface area contributed by atoms with E-state index in [9.17, 15) is 9.59 Å². The van der Waals surface area contributed by atoms with Crippen molar-refractivity contribution in [3.63, 3.8) is 0 Å². The quantitative estimate of drug-likeness (QED) is 0.242. The largest absolute Gasteiger partial charge is 0.494 e. The van der Waals surface area contributed by atoms with Gasteiger partial charge in [-0.2, -0.15) is 0 Å². The second-order valence-corrected chi connectivity index (χ2v) is 9.43. The van der Waals surface area contributed by atoms with E-state index in [1.54, 1.807) is 29.3 Å². The molecule has 0 spiro atoms. The molecule has 0 bridgehead atoms. The van der Waals surface area contributed by atoms with Gasteiger partial charge in [0, 0.05) is 10.9 Å². The van der Waals surface area contributed by atoms with Crippen LogP contribution in [0.2, 0.25) is 5.15 Å². The zero-order valence-corrected chi connectivity index (χ0v) is 20.8. The average Bonchev–Trinajstić information content (AvgIpc) is 3.43. The predicted molar refractivity (Wildman–Crippen MR) is 141 cm³/mol. The molecule has 7 nitrogen and oxygen atoms in total. The van der Waals surface area contributed by atoms with Gasteiger partial charge in [0.25, 0.3) is 5.91 Å². The Morgan fingerprint density at radius 1 is 0.919 bits per heavy atom. The molecule has 186 valence electrons. The summed E-state index contributed by atoms with van der Waals surface area (Å²) in [4.78, 5) is 39.5. The molecule has 0 saturated carbocycles. The number of ether oxygens (including phenoxy) is 1. The molecule has 3 aromatic carbocycles. The molecule has 0 N–H and O–H groups in total. The molecule has 2 saturated heterocycles. The number of para-hydroxylation sites is 2. The number of hydrogen-bond donors (Lipinski definition) is 0. The monoisotopic (exact) mass is 513 g/mol. The lowest BCUT2D eigenvalue weighted by molar-refractivity contribution is -0.126. The number of anilines is 2. The summed E-state index contributed by atoms with van der Waals surface area (Å²) < 4.78 is 5.65. The molecule has 0 radical (unpaired) electrons. The molecule has 4 aromatic rings. The van der Waals surface area contributed by atoms with E-state index in [0.29, 0.717) is 23.6 Å². The summed E-state index contributed by atoms with van der Waals surface area (Å²) in [5.41, 5.74) is 2.57. The van der Waals surface area contributed by atoms with Crippen LogP contribution in [-0.2, 0) is 14.4 Å². The van der Waals surface area contributed by atoms with Gasteiger partial charge in [-0.15, -0.1) is 0 Å². The zero-order valence-electron chi connectivity index (χ0n) is 20.1. The predicted octanol–water partition coefficient (Wildman–Crippen LogP) is 5.73. The van der Waals surface area contributed by atoms with Crippen LogP contribution in [0, 0.1) is 5.92 Å². The van der Waals surface area contributed by atoms with Crippen molar-refractivity contribution in [3.05, 3.63) is 95.6 Å². The Kier molecular flexibility index (Phi) is 6.02. The maximum atomic E-state index is 13.9. The van der Waals surface area contributed by atoms with Crippen LogP contribution in [0.25, 0.3) is 10.9 Å². The third kappa shape index (κ3) is 4.00. The first-order chi connectivity index (χ1) is 18.1. The van der Waals surface area contributed by atoms with Crippen molar-refractivity contribution < 1.29 is 19.2 Å². The summed E-state index contributed by atoms with van der Waals surface area (Å²) in [6, 6.07) is 25.3. The summed E-state index contributed by atoms with van der Waals surface area (Å²) >= 11 is 6.71. The summed E-state index contributed by atoms with van der Waals surface area (Å²) in [6.45, 7) is 2.62. The molecule has 2 aliphatic rings. The van der Waals surface area contributed by atoms with E-state index in [2.05, 4.69) is 4.98 Å². The Balaban J connectivity index is 1.42. The first-order valence-electron chi connectivity index (χ1n) is 12.2. The van der Waals surface area contributed by atoms with Gasteiger partial charge in [-0.25, -0.2) is 14.9 Å². The van der Waals surface area contributed by atoms with E-state index in [1.807, 2.05) is 67.6 Å². The number of fused-ring (bicyclic) bond motifs is 2. The normalized spacial score (nSPS) is 21.1. The highest BCUT2D eigenvalue weighted by atomic mass is 35.5. The van der Waals surface area contributed by atoms with Crippen LogP contribution >= 0.6 is 11.6 Å². The molecule has 8 heteroatoms. The van der Waals surface area contributed by atoms with Crippen LogP contribution in [-0.4, -0.2) is 29.5 Å². The Hall–Kier alpha value is -3.94. The molecule has 0 unspecified atom stereocenters. The van der Waals surface area contributed by atoms with Crippen LogP contribution in [0.1, 0.15) is 24.9 Å². The second kappa shape index (κ2) is 9.50. The molecule has 1 aromatic heterocycles. The number of carbonyl (C=O) groups excluding carboxylic acids is 2. The fourth-order valence-corrected chi connectivity index (χ4v) is 5.27. The van der Waals surface area contributed by atoms with Gasteiger partial charge in [-0.3, -0.25) is 14.4 Å². The number of amides is 2. The first kappa shape index (κ1) is 23.5. The standard InChI is InChI=1S/C29H24ClN3O4/c1-2-16-36-21-14-12-19(13-15-21)32-28(34)24-25(22-17-18-8-6-7-11-23(18)31-27(22)30)33(37-26(24)29(32)35)20-9-4-3-5-10-20/h3-15,17,24-26H,2,16H2,1H3/t24-,25+,26+/m1/s1. The first-order valence-corrected chi connectivity index (χ1v) is 12.6. The Labute approximate surface area is 219 Å². The highest BCUT2D eigenvalue weighted by Crippen LogP contribution is 2.49. The third-order valence-electron chi connectivity index (χ3n) is 6.72. The number of halogens is 1. The Morgan fingerprint density at radius 3 is 2.41 bits per heavy atom. The van der Waals surface area contributed by atoms with Crippen LogP contribution in [0.15, 0.2) is 84.9 Å². The minimum atomic E-state index is -0.990. The van der Waals surface area contributed by atoms with E-state index in [-0.39, 0.29) is 11.1 Å². The minimum absolute atomic E-state index is 0.269. The van der Waals surface area contributed by atoms with E-state index < -0.39 is 24.0 Å². The molecule has 0 aliphatic carbocycles. The van der Waals surface area contributed by atoms with Crippen molar-refractivity contribution in [2.75, 3.05) is 16.6 Å². The lowest BCUT2D eigenvalue weighted by Gasteiger charge is -2.29. The van der Waals surface area contributed by atoms with Crippen LogP contribution in [0.4, 0.5) is 11.4 Å². The molecule has 6 rings (SSSR count). The van der Waals surface area contributed by atoms with Gasteiger partial charge in [-0.05, 0) is 55.0 Å². The second-order valence-electron chi connectivity index (χ2n) is 9.07. The van der Waals surface area contributed by atoms with Crippen LogP contribution in [0.5, 0.6) is 5.75 Å². The van der Waals surface area contributed by atoms with E-state index >= 15 is 0 Å². The number of imide groups is 1. The van der Waals surface area contributed by atoms with Crippen molar-refractivity contribution in [3.8, 4) is 5.75 Å². The number of nitrogens with zero attached hydrogens (tertiary/aromatic N) is 3. The van der Waals surface area contributed by atoms with Crippen LogP contribution in [0.3, 0.4) is 0 Å². The number of pyridine rings is 1. The van der Waals surface area contributed by atoms with Crippen molar-refractivity contribution in [2.24, 2.45) is 5.92 Å². The SMILES string of the molecule is CCCOc1ccc(N2C(=O)[C@H]3[C@H](ON(c4ccccc4)[C@H]3c3cc4ccccc4nc3Cl)C2=O)cc1. The Morgan fingerprint density at radius 2 is 1.65 bits per heavy atom. The van der Waals surface area contributed by atoms with Gasteiger partial charge < -0.3 is 4.74 Å². The number of rotatable bonds is 6. The number of carbonyl (C=O) groups is 2. The van der Waals surface area contributed by atoms with Crippen molar-refractivity contribution in [1.29, 1.82) is 0 Å². The van der Waals surface area contributed by atoms with E-state index in [4.69, 9.17) is 21.2 Å². The van der Waals surface area contributed by atoms with Gasteiger partial charge in [0.15, 0.2) is 6.10 Å². The topological polar surface area (TPSA) is 72.0 Å². The van der Waals surface area contributed by atoms with E-state index in [0.717, 1.165) is 23.0 Å². The van der Waals surface area contributed by atoms with Crippen LogP contribution < -0.4 is 14.7 Å². The summed E-state index contributed by atoms with van der Waals surface area (Å²) in [5.74, 6) is -0.872. The maximum absolute atomic E-state index is 13.9. The zero-order chi connectivity index (χ0) is 25.5. The van der Waals surface area contributed by atoms with E-state index in [1.165, 1.54) is 4.90 Å². The van der Waals surface area contributed by atoms with Crippen molar-refractivity contribution in [1.82, 2.24) is 4.98 Å². The number of aromatic nitrogens is 1. The fourth-order valence-electron chi connectivity index (χ4n) is 5.01. The summed E-state index contributed by atoms with van der Waals surface area (Å²) in [6.07, 6.45) is -0.104. The summed E-state index contributed by atoms with van der Waals surface area (Å²) in [7, 11) is 0. The van der Waals surface area contributed by atoms with Gasteiger partial charge in [0.05, 0.1) is 29.5 Å². The highest BCUT2D eigenvalue weighted by Gasteiger charge is 2.60. The Bertz CT molecular complexity index is 1480. The molecular formula is C29H24ClN3O4. The maximum Gasteiger partial charge on any atom is 0.266 e. The fraction of sp³-hybridized carbons (Fsp3) is 0.207. The average molecular weight is 514 g/mol. The molecule has 3 atom stereocenters. The molecular weight excluding hydrogens is 490 g/mol. The third-order valence-corrected chi connectivity index (χ3v) is 7.02. The smallest absolute Gasteiger partial charge is 0.266 e. The van der Waals surface area contributed by atoms with Gasteiger partial charge in [0.1, 0.15) is 16.8 Å². The van der Waals surface area contributed by atoms with Gasteiger partial charge in [0.2, 0.25) is 5.91 Å². The highest BCUT2D eigenvalue weighted by molar-refractivity contribution is 6.31. The lowest BCUT2D eigenvalue weighted by atomic mass is 9.90. The van der Waals surface area contributed by atoms with Gasteiger partial charge in [-0.1, -0.05) is 54.9 Å². The van der Waals surface area contributed by atoms with Gasteiger partial charge >= 0.3 is 0 Å². The van der Waals surface area contributed by atoms with Crippen molar-refractivity contribution in [2.45, 2.75) is 25.5 Å². The number of hydrogen-bond acceptors (Lipinski definition) is 6. The lowest BCUT2D eigenvalue weighted by Crippen LogP contribution is -2.37. The molecule has 2 amide bonds. The minimum Gasteiger partial charge on any atom is -0.494 e. The molecule has 3 heterocycles. The van der Waals surface area contributed by atoms with Crippen molar-refractivity contribution >= 4 is 45.7 Å². The molecule has 2 aliphatic heterocycles. The number of benzene rings is 3.